The fraction of sp³-hybridized carbons (Fsp3) is 0.312. The molecule has 124 valence electrons. The average molecular weight is 355 g/mol. The van der Waals surface area contributed by atoms with Crippen molar-refractivity contribution in [2.75, 3.05) is 6.54 Å². The molecule has 0 spiro atoms. The summed E-state index contributed by atoms with van der Waals surface area (Å²) in [5.74, 6) is 0.953. The van der Waals surface area contributed by atoms with Crippen molar-refractivity contribution in [2.45, 2.75) is 20.0 Å². The van der Waals surface area contributed by atoms with Gasteiger partial charge in [0, 0.05) is 19.3 Å². The summed E-state index contributed by atoms with van der Waals surface area (Å²) in [4.78, 5) is 4.52. The minimum atomic E-state index is 0.250. The monoisotopic (exact) mass is 354 g/mol. The first kappa shape index (κ1) is 17.5. The van der Waals surface area contributed by atoms with E-state index in [0.717, 1.165) is 17.8 Å². The van der Waals surface area contributed by atoms with Gasteiger partial charge < -0.3 is 20.3 Å². The van der Waals surface area contributed by atoms with Crippen molar-refractivity contribution in [3.8, 4) is 5.75 Å². The topological polar surface area (TPSA) is 61.6 Å². The van der Waals surface area contributed by atoms with Crippen LogP contribution in [0.2, 0.25) is 10.2 Å². The van der Waals surface area contributed by atoms with E-state index < -0.39 is 0 Å². The number of halogens is 2. The number of hydrogen-bond donors (Lipinski definition) is 3. The molecule has 1 aromatic carbocycles. The van der Waals surface area contributed by atoms with E-state index in [4.69, 9.17) is 23.2 Å². The van der Waals surface area contributed by atoms with Crippen LogP contribution in [0.1, 0.15) is 18.2 Å². The first-order valence-corrected chi connectivity index (χ1v) is 8.06. The Morgan fingerprint density at radius 3 is 2.48 bits per heavy atom. The van der Waals surface area contributed by atoms with Crippen molar-refractivity contribution in [2.24, 2.45) is 12.0 Å². The summed E-state index contributed by atoms with van der Waals surface area (Å²) in [7, 11) is 1.87. The molecule has 23 heavy (non-hydrogen) atoms. The lowest BCUT2D eigenvalue weighted by molar-refractivity contribution is 0.475. The van der Waals surface area contributed by atoms with E-state index in [-0.39, 0.29) is 5.75 Å². The second-order valence-electron chi connectivity index (χ2n) is 5.05. The molecule has 0 aliphatic carbocycles. The van der Waals surface area contributed by atoms with Crippen LogP contribution in [0, 0.1) is 0 Å². The predicted octanol–water partition coefficient (Wildman–Crippen LogP) is 3.29. The van der Waals surface area contributed by atoms with Crippen molar-refractivity contribution < 1.29 is 5.11 Å². The highest BCUT2D eigenvalue weighted by molar-refractivity contribution is 6.41. The molecule has 0 unspecified atom stereocenters. The van der Waals surface area contributed by atoms with Crippen molar-refractivity contribution >= 4 is 29.2 Å². The van der Waals surface area contributed by atoms with Crippen LogP contribution in [0.3, 0.4) is 0 Å². The van der Waals surface area contributed by atoms with Crippen LogP contribution in [0.4, 0.5) is 0 Å². The fourth-order valence-electron chi connectivity index (χ4n) is 2.05. The number of nitrogens with zero attached hydrogens (tertiary/aromatic N) is 2. The SMILES string of the molecule is CCNC(=NCc1ccc(O)cc1)NCc1cc(Cl)c(Cl)n1C. The van der Waals surface area contributed by atoms with E-state index in [0.29, 0.717) is 29.2 Å². The number of hydrogen-bond acceptors (Lipinski definition) is 2. The van der Waals surface area contributed by atoms with Gasteiger partial charge in [0.25, 0.3) is 0 Å². The minimum absolute atomic E-state index is 0.250. The maximum absolute atomic E-state index is 9.29. The molecule has 0 atom stereocenters. The molecule has 7 heteroatoms. The van der Waals surface area contributed by atoms with Crippen LogP contribution in [0.5, 0.6) is 5.75 Å². The van der Waals surface area contributed by atoms with Crippen molar-refractivity contribution in [3.05, 3.63) is 51.8 Å². The Bertz CT molecular complexity index is 680. The van der Waals surface area contributed by atoms with Gasteiger partial charge in [0.1, 0.15) is 10.9 Å². The smallest absolute Gasteiger partial charge is 0.191 e. The summed E-state index contributed by atoms with van der Waals surface area (Å²) in [5.41, 5.74) is 1.99. The van der Waals surface area contributed by atoms with Gasteiger partial charge in [-0.25, -0.2) is 4.99 Å². The van der Waals surface area contributed by atoms with E-state index in [9.17, 15) is 5.11 Å². The molecule has 0 radical (unpaired) electrons. The summed E-state index contributed by atoms with van der Waals surface area (Å²) >= 11 is 12.1. The number of nitrogens with one attached hydrogen (secondary N) is 2. The van der Waals surface area contributed by atoms with Crippen LogP contribution in [0.25, 0.3) is 0 Å². The number of phenols is 1. The molecule has 0 aliphatic rings. The van der Waals surface area contributed by atoms with Gasteiger partial charge in [-0.3, -0.25) is 0 Å². The van der Waals surface area contributed by atoms with Gasteiger partial charge >= 0.3 is 0 Å². The Hall–Kier alpha value is -1.85. The molecule has 3 N–H and O–H groups in total. The molecule has 2 aromatic rings. The first-order chi connectivity index (χ1) is 11.0. The van der Waals surface area contributed by atoms with Gasteiger partial charge in [-0.05, 0) is 30.7 Å². The quantitative estimate of drug-likeness (QED) is 0.570. The second kappa shape index (κ2) is 8.13. The van der Waals surface area contributed by atoms with Gasteiger partial charge in [-0.2, -0.15) is 0 Å². The van der Waals surface area contributed by atoms with Gasteiger partial charge in [-0.1, -0.05) is 35.3 Å². The van der Waals surface area contributed by atoms with Crippen LogP contribution >= 0.6 is 23.2 Å². The normalized spacial score (nSPS) is 11.6. The second-order valence-corrected chi connectivity index (χ2v) is 5.81. The third-order valence-corrected chi connectivity index (χ3v) is 4.19. The van der Waals surface area contributed by atoms with Crippen molar-refractivity contribution in [3.63, 3.8) is 0 Å². The summed E-state index contributed by atoms with van der Waals surface area (Å²) in [6, 6.07) is 8.83. The number of benzene rings is 1. The summed E-state index contributed by atoms with van der Waals surface area (Å²) in [5, 5.41) is 16.8. The average Bonchev–Trinajstić information content (AvgIpc) is 2.79. The molecule has 0 fully saturated rings. The number of rotatable bonds is 5. The Labute approximate surface area is 145 Å². The number of phenolic OH excluding ortho intramolecular Hbond substituents is 1. The van der Waals surface area contributed by atoms with Crippen LogP contribution in [-0.2, 0) is 20.1 Å². The molecule has 5 nitrogen and oxygen atoms in total. The zero-order valence-electron chi connectivity index (χ0n) is 13.1. The molecular weight excluding hydrogens is 335 g/mol. The molecular formula is C16H20Cl2N4O. The highest BCUT2D eigenvalue weighted by Gasteiger charge is 2.09. The third kappa shape index (κ3) is 4.81. The van der Waals surface area contributed by atoms with Crippen molar-refractivity contribution in [1.29, 1.82) is 0 Å². The Morgan fingerprint density at radius 1 is 1.22 bits per heavy atom. The van der Waals surface area contributed by atoms with Crippen molar-refractivity contribution in [1.82, 2.24) is 15.2 Å². The van der Waals surface area contributed by atoms with Crippen LogP contribution in [0.15, 0.2) is 35.3 Å². The Morgan fingerprint density at radius 2 is 1.91 bits per heavy atom. The standard InChI is InChI=1S/C16H20Cl2N4O/c1-3-19-16(20-9-11-4-6-13(23)7-5-11)21-10-12-8-14(17)15(18)22(12)2/h4-8,23H,3,9-10H2,1-2H3,(H2,19,20,21). The zero-order chi connectivity index (χ0) is 16.8. The summed E-state index contributed by atoms with van der Waals surface area (Å²) in [6.07, 6.45) is 0. The first-order valence-electron chi connectivity index (χ1n) is 7.31. The lowest BCUT2D eigenvalue weighted by Crippen LogP contribution is -2.37. The van der Waals surface area contributed by atoms with E-state index >= 15 is 0 Å². The highest BCUT2D eigenvalue weighted by Crippen LogP contribution is 2.24. The number of aromatic hydroxyl groups is 1. The Balaban J connectivity index is 2.01. The lowest BCUT2D eigenvalue weighted by Gasteiger charge is -2.12. The molecule has 0 bridgehead atoms. The summed E-state index contributed by atoms with van der Waals surface area (Å²) in [6.45, 7) is 3.85. The molecule has 0 saturated heterocycles. The molecule has 0 aliphatic heterocycles. The molecule has 1 heterocycles. The van der Waals surface area contributed by atoms with E-state index in [1.807, 2.05) is 36.7 Å². The highest BCUT2D eigenvalue weighted by atomic mass is 35.5. The van der Waals surface area contributed by atoms with Gasteiger partial charge in [0.15, 0.2) is 5.96 Å². The largest absolute Gasteiger partial charge is 0.508 e. The zero-order valence-corrected chi connectivity index (χ0v) is 14.6. The fourth-order valence-corrected chi connectivity index (χ4v) is 2.46. The van der Waals surface area contributed by atoms with E-state index in [2.05, 4.69) is 15.6 Å². The van der Waals surface area contributed by atoms with E-state index in [1.165, 1.54) is 0 Å². The van der Waals surface area contributed by atoms with Crippen LogP contribution < -0.4 is 10.6 Å². The van der Waals surface area contributed by atoms with Gasteiger partial charge in [-0.15, -0.1) is 0 Å². The van der Waals surface area contributed by atoms with Crippen LogP contribution in [-0.4, -0.2) is 22.2 Å². The number of guanidine groups is 1. The number of aliphatic imine (C=N–C) groups is 1. The molecule has 0 amide bonds. The maximum atomic E-state index is 9.29. The Kier molecular flexibility index (Phi) is 6.19. The number of aromatic nitrogens is 1. The van der Waals surface area contributed by atoms with Gasteiger partial charge in [0.05, 0.1) is 18.1 Å². The molecule has 2 rings (SSSR count). The maximum Gasteiger partial charge on any atom is 0.191 e. The third-order valence-electron chi connectivity index (χ3n) is 3.35. The lowest BCUT2D eigenvalue weighted by atomic mass is 10.2. The minimum Gasteiger partial charge on any atom is -0.508 e. The summed E-state index contributed by atoms with van der Waals surface area (Å²) < 4.78 is 1.83. The van der Waals surface area contributed by atoms with Gasteiger partial charge in [0.2, 0.25) is 0 Å². The molecule has 1 aromatic heterocycles. The predicted molar refractivity (Wildman–Crippen MR) is 95.2 cm³/mol. The van der Waals surface area contributed by atoms with E-state index in [1.54, 1.807) is 12.1 Å². The molecule has 0 saturated carbocycles.